The van der Waals surface area contributed by atoms with E-state index < -0.39 is 10.0 Å². The van der Waals surface area contributed by atoms with Gasteiger partial charge in [0.05, 0.1) is 11.2 Å². The summed E-state index contributed by atoms with van der Waals surface area (Å²) < 4.78 is 33.7. The Labute approximate surface area is 192 Å². The molecule has 0 fully saturated rings. The lowest BCUT2D eigenvalue weighted by Crippen LogP contribution is -2.35. The molecule has 9 heteroatoms. The number of nitrogens with zero attached hydrogens (tertiary/aromatic N) is 3. The van der Waals surface area contributed by atoms with Crippen molar-refractivity contribution >= 4 is 26.8 Å². The van der Waals surface area contributed by atoms with Gasteiger partial charge in [0, 0.05) is 56.4 Å². The summed E-state index contributed by atoms with van der Waals surface area (Å²) in [5.41, 5.74) is 2.20. The Morgan fingerprint density at radius 2 is 1.91 bits per heavy atom. The van der Waals surface area contributed by atoms with Crippen molar-refractivity contribution in [1.29, 1.82) is 0 Å². The number of sulfonamides is 1. The average Bonchev–Trinajstić information content (AvgIpc) is 3.42. The van der Waals surface area contributed by atoms with Crippen molar-refractivity contribution < 1.29 is 17.6 Å². The molecule has 1 aromatic carbocycles. The van der Waals surface area contributed by atoms with E-state index >= 15 is 0 Å². The fourth-order valence-electron chi connectivity index (χ4n) is 3.73. The van der Waals surface area contributed by atoms with Gasteiger partial charge < -0.3 is 14.3 Å². The number of hydrogen-bond acceptors (Lipinski definition) is 5. The van der Waals surface area contributed by atoms with E-state index in [4.69, 9.17) is 4.42 Å². The van der Waals surface area contributed by atoms with Crippen LogP contribution in [0.2, 0.25) is 0 Å². The molecule has 0 spiro atoms. The summed E-state index contributed by atoms with van der Waals surface area (Å²) in [4.78, 5) is 17.5. The summed E-state index contributed by atoms with van der Waals surface area (Å²) in [6.45, 7) is 2.36. The summed E-state index contributed by atoms with van der Waals surface area (Å²) in [6.07, 6.45) is 5.58. The predicted octanol–water partition coefficient (Wildman–Crippen LogP) is 3.29. The number of carbonyl (C=O) groups is 1. The van der Waals surface area contributed by atoms with Gasteiger partial charge in [-0.15, -0.1) is 0 Å². The number of benzene rings is 1. The Balaban J connectivity index is 1.72. The zero-order valence-electron chi connectivity index (χ0n) is 18.7. The quantitative estimate of drug-likeness (QED) is 0.430. The third-order valence-electron chi connectivity index (χ3n) is 5.44. The molecule has 1 amide bonds. The van der Waals surface area contributed by atoms with Gasteiger partial charge in [-0.3, -0.25) is 9.78 Å². The van der Waals surface area contributed by atoms with Gasteiger partial charge in [0.1, 0.15) is 11.5 Å². The molecule has 0 aliphatic rings. The zero-order chi connectivity index (χ0) is 23.6. The SMILES string of the molecule is C[C@@H](Cc1ccco1)NC(=O)c1cc2cc(S(=O)(=O)N(C)C)ccc2n1Cc1ccncc1. The molecule has 0 bridgehead atoms. The Morgan fingerprint density at radius 3 is 2.58 bits per heavy atom. The number of carbonyl (C=O) groups excluding carboxylic acids is 1. The summed E-state index contributed by atoms with van der Waals surface area (Å²) in [7, 11) is -0.607. The van der Waals surface area contributed by atoms with Crippen molar-refractivity contribution in [1.82, 2.24) is 19.2 Å². The number of rotatable bonds is 8. The maximum atomic E-state index is 13.3. The van der Waals surface area contributed by atoms with Crippen LogP contribution in [-0.4, -0.2) is 48.3 Å². The molecule has 3 aromatic heterocycles. The normalized spacial score (nSPS) is 12.8. The summed E-state index contributed by atoms with van der Waals surface area (Å²) in [5.74, 6) is 0.551. The van der Waals surface area contributed by atoms with Crippen LogP contribution in [0.3, 0.4) is 0 Å². The lowest BCUT2D eigenvalue weighted by atomic mass is 10.2. The third-order valence-corrected chi connectivity index (χ3v) is 7.25. The first kappa shape index (κ1) is 22.8. The molecule has 1 N–H and O–H groups in total. The highest BCUT2D eigenvalue weighted by molar-refractivity contribution is 7.89. The first-order chi connectivity index (χ1) is 15.8. The van der Waals surface area contributed by atoms with Gasteiger partial charge in [-0.1, -0.05) is 0 Å². The van der Waals surface area contributed by atoms with Crippen LogP contribution >= 0.6 is 0 Å². The van der Waals surface area contributed by atoms with E-state index in [-0.39, 0.29) is 16.8 Å². The molecule has 8 nitrogen and oxygen atoms in total. The highest BCUT2D eigenvalue weighted by Gasteiger charge is 2.22. The second-order valence-corrected chi connectivity index (χ2v) is 10.3. The number of hydrogen-bond donors (Lipinski definition) is 1. The Hall–Kier alpha value is -3.43. The minimum Gasteiger partial charge on any atom is -0.469 e. The van der Waals surface area contributed by atoms with Crippen molar-refractivity contribution in [2.24, 2.45) is 0 Å². The van der Waals surface area contributed by atoms with E-state index in [0.29, 0.717) is 24.0 Å². The largest absolute Gasteiger partial charge is 0.469 e. The molecule has 0 aliphatic heterocycles. The average molecular weight is 467 g/mol. The van der Waals surface area contributed by atoms with Crippen molar-refractivity contribution in [2.45, 2.75) is 30.8 Å². The minimum atomic E-state index is -3.59. The number of nitrogens with one attached hydrogen (secondary N) is 1. The van der Waals surface area contributed by atoms with E-state index in [2.05, 4.69) is 10.3 Å². The molecule has 0 saturated heterocycles. The first-order valence-corrected chi connectivity index (χ1v) is 12.0. The fraction of sp³-hybridized carbons (Fsp3) is 0.250. The van der Waals surface area contributed by atoms with Crippen LogP contribution in [0, 0.1) is 0 Å². The number of amides is 1. The van der Waals surface area contributed by atoms with Crippen LogP contribution in [-0.2, 0) is 23.0 Å². The summed E-state index contributed by atoms with van der Waals surface area (Å²) in [5, 5.41) is 3.70. The zero-order valence-corrected chi connectivity index (χ0v) is 19.5. The lowest BCUT2D eigenvalue weighted by molar-refractivity contribution is 0.0930. The Morgan fingerprint density at radius 1 is 1.15 bits per heavy atom. The van der Waals surface area contributed by atoms with Crippen LogP contribution in [0.5, 0.6) is 0 Å². The third kappa shape index (κ3) is 4.84. The molecule has 0 aliphatic carbocycles. The van der Waals surface area contributed by atoms with Gasteiger partial charge in [-0.2, -0.15) is 0 Å². The maximum absolute atomic E-state index is 13.3. The Kier molecular flexibility index (Phi) is 6.35. The molecule has 4 aromatic rings. The molecule has 172 valence electrons. The molecule has 3 heterocycles. The van der Waals surface area contributed by atoms with Crippen molar-refractivity contribution in [3.05, 3.63) is 84.2 Å². The van der Waals surface area contributed by atoms with Crippen LogP contribution in [0.4, 0.5) is 0 Å². The molecule has 33 heavy (non-hydrogen) atoms. The van der Waals surface area contributed by atoms with Gasteiger partial charge in [0.2, 0.25) is 10.0 Å². The topological polar surface area (TPSA) is 97.4 Å². The second kappa shape index (κ2) is 9.21. The molecule has 1 atom stereocenters. The van der Waals surface area contributed by atoms with E-state index in [0.717, 1.165) is 16.8 Å². The van der Waals surface area contributed by atoms with E-state index in [1.54, 1.807) is 42.9 Å². The van der Waals surface area contributed by atoms with Crippen molar-refractivity contribution in [3.63, 3.8) is 0 Å². The number of fused-ring (bicyclic) bond motifs is 1. The highest BCUT2D eigenvalue weighted by Crippen LogP contribution is 2.26. The molecule has 0 saturated carbocycles. The summed E-state index contributed by atoms with van der Waals surface area (Å²) in [6, 6.07) is 14.0. The van der Waals surface area contributed by atoms with Gasteiger partial charge in [-0.25, -0.2) is 12.7 Å². The first-order valence-electron chi connectivity index (χ1n) is 10.5. The minimum absolute atomic E-state index is 0.152. The van der Waals surface area contributed by atoms with Crippen LogP contribution < -0.4 is 5.32 Å². The number of furan rings is 1. The lowest BCUT2D eigenvalue weighted by Gasteiger charge is -2.15. The molecular weight excluding hydrogens is 440 g/mol. The van der Waals surface area contributed by atoms with Crippen molar-refractivity contribution in [3.8, 4) is 0 Å². The van der Waals surface area contributed by atoms with Crippen molar-refractivity contribution in [2.75, 3.05) is 14.1 Å². The Bertz CT molecular complexity index is 1360. The predicted molar refractivity (Wildman–Crippen MR) is 125 cm³/mol. The van der Waals surface area contributed by atoms with E-state index in [9.17, 15) is 13.2 Å². The smallest absolute Gasteiger partial charge is 0.268 e. The van der Waals surface area contributed by atoms with Gasteiger partial charge in [0.15, 0.2) is 0 Å². The molecular formula is C24H26N4O4S. The fourth-order valence-corrected chi connectivity index (χ4v) is 4.67. The van der Waals surface area contributed by atoms with Crippen LogP contribution in [0.15, 0.2) is 76.5 Å². The van der Waals surface area contributed by atoms with Gasteiger partial charge >= 0.3 is 0 Å². The molecule has 4 rings (SSSR count). The second-order valence-electron chi connectivity index (χ2n) is 8.14. The van der Waals surface area contributed by atoms with Gasteiger partial charge in [-0.05, 0) is 61.0 Å². The van der Waals surface area contributed by atoms with E-state index in [1.807, 2.05) is 35.8 Å². The van der Waals surface area contributed by atoms with Gasteiger partial charge in [0.25, 0.3) is 5.91 Å². The van der Waals surface area contributed by atoms with E-state index in [1.165, 1.54) is 18.4 Å². The van der Waals surface area contributed by atoms with Crippen LogP contribution in [0.1, 0.15) is 28.7 Å². The highest BCUT2D eigenvalue weighted by atomic mass is 32.2. The molecule has 0 radical (unpaired) electrons. The molecule has 0 unspecified atom stereocenters. The van der Waals surface area contributed by atoms with Crippen LogP contribution in [0.25, 0.3) is 10.9 Å². The maximum Gasteiger partial charge on any atom is 0.268 e. The monoisotopic (exact) mass is 466 g/mol. The standard InChI is InChI=1S/C24H26N4O4S/c1-17(13-20-5-4-12-32-20)26-24(29)23-15-19-14-21(33(30,31)27(2)3)6-7-22(19)28(23)16-18-8-10-25-11-9-18/h4-12,14-15,17H,13,16H2,1-3H3,(H,26,29)/t17-/m0/s1. The summed E-state index contributed by atoms with van der Waals surface area (Å²) >= 11 is 0. The number of aromatic nitrogens is 2. The number of pyridine rings is 1.